The normalized spacial score (nSPS) is 12.1. The van der Waals surface area contributed by atoms with Crippen LogP contribution in [0.5, 0.6) is 5.75 Å². The van der Waals surface area contributed by atoms with Crippen LogP contribution >= 0.6 is 0 Å². The molecule has 2 aromatic rings. The van der Waals surface area contributed by atoms with Crippen LogP contribution in [-0.4, -0.2) is 15.2 Å². The first-order valence-corrected chi connectivity index (χ1v) is 6.03. The molecule has 2 rings (SSSR count). The third kappa shape index (κ3) is 2.73. The van der Waals surface area contributed by atoms with E-state index < -0.39 is 11.3 Å². The number of fused-ring (bicyclic) bond motifs is 1. The van der Waals surface area contributed by atoms with Crippen LogP contribution in [0.1, 0.15) is 0 Å². The van der Waals surface area contributed by atoms with Crippen molar-refractivity contribution in [3.8, 4) is 5.75 Å². The lowest BCUT2D eigenvalue weighted by molar-refractivity contribution is 0.564. The lowest BCUT2D eigenvalue weighted by Gasteiger charge is -2.05. The molecule has 94 valence electrons. The Labute approximate surface area is 105 Å². The fraction of sp³-hybridized carbons (Fsp3) is 0. The Bertz CT molecular complexity index is 639. The second kappa shape index (κ2) is 4.98. The number of aromatic nitrogens is 1. The van der Waals surface area contributed by atoms with E-state index in [2.05, 4.69) is 9.98 Å². The number of hydrogen-bond donors (Lipinski definition) is 3. The van der Waals surface area contributed by atoms with Crippen LogP contribution < -0.4 is 20.8 Å². The van der Waals surface area contributed by atoms with Gasteiger partial charge in [-0.1, -0.05) is 6.07 Å². The topological polar surface area (TPSA) is 130 Å². The summed E-state index contributed by atoms with van der Waals surface area (Å²) in [7, 11) is 0. The van der Waals surface area contributed by atoms with Crippen LogP contribution in [0.2, 0.25) is 0 Å². The number of nitrogens with two attached hydrogens (primary N) is 3. The van der Waals surface area contributed by atoms with E-state index in [-0.39, 0.29) is 5.96 Å². The average molecular weight is 265 g/mol. The maximum atomic E-state index is 10.8. The van der Waals surface area contributed by atoms with Gasteiger partial charge in [0, 0.05) is 11.6 Å². The number of rotatable bonds is 3. The average Bonchev–Trinajstić information content (AvgIpc) is 2.28. The molecule has 1 aromatic heterocycles. The Hall–Kier alpha value is -2.19. The summed E-state index contributed by atoms with van der Waals surface area (Å²) < 4.78 is 15.7. The van der Waals surface area contributed by atoms with Gasteiger partial charge in [-0.25, -0.2) is 10.1 Å². The zero-order chi connectivity index (χ0) is 13.1. The van der Waals surface area contributed by atoms with Crippen molar-refractivity contribution in [1.29, 1.82) is 0 Å². The van der Waals surface area contributed by atoms with Gasteiger partial charge in [-0.2, -0.15) is 9.20 Å². The molecular formula is C10H11N5O2S. The van der Waals surface area contributed by atoms with Crippen molar-refractivity contribution in [3.05, 3.63) is 30.5 Å². The Morgan fingerprint density at radius 1 is 1.33 bits per heavy atom. The first-order chi connectivity index (χ1) is 8.56. The quantitative estimate of drug-likeness (QED) is 0.533. The van der Waals surface area contributed by atoms with E-state index in [1.807, 2.05) is 0 Å². The zero-order valence-corrected chi connectivity index (χ0v) is 10.1. The van der Waals surface area contributed by atoms with Gasteiger partial charge in [-0.15, -0.1) is 0 Å². The summed E-state index contributed by atoms with van der Waals surface area (Å²) in [6.07, 6.45) is 1.59. The Balaban J connectivity index is 2.58. The third-order valence-corrected chi connectivity index (χ3v) is 2.49. The van der Waals surface area contributed by atoms with Crippen LogP contribution in [0.4, 0.5) is 5.82 Å². The molecule has 0 amide bonds. The van der Waals surface area contributed by atoms with E-state index in [1.54, 1.807) is 30.5 Å². The standard InChI is InChI=1S/C10H11N5O2S/c11-10(12)15-9-8-5-7(17-18(13)16)2-1-6(8)3-4-14-9/h1-5H,13H2,(H4,11,12,14,15). The van der Waals surface area contributed by atoms with Gasteiger partial charge >= 0.3 is 0 Å². The highest BCUT2D eigenvalue weighted by Crippen LogP contribution is 2.27. The molecule has 0 bridgehead atoms. The Morgan fingerprint density at radius 2 is 2.11 bits per heavy atom. The molecule has 1 aromatic carbocycles. The van der Waals surface area contributed by atoms with Crippen molar-refractivity contribution in [3.63, 3.8) is 0 Å². The molecule has 0 radical (unpaired) electrons. The molecule has 6 N–H and O–H groups in total. The summed E-state index contributed by atoms with van der Waals surface area (Å²) >= 11 is -1.88. The molecule has 0 saturated heterocycles. The van der Waals surface area contributed by atoms with E-state index in [0.717, 1.165) is 5.39 Å². The number of pyridine rings is 1. The summed E-state index contributed by atoms with van der Waals surface area (Å²) in [6, 6.07) is 6.83. The van der Waals surface area contributed by atoms with E-state index in [0.29, 0.717) is 17.0 Å². The van der Waals surface area contributed by atoms with Gasteiger partial charge in [0.15, 0.2) is 11.8 Å². The molecule has 0 aliphatic carbocycles. The van der Waals surface area contributed by atoms with Crippen LogP contribution in [0.15, 0.2) is 35.5 Å². The van der Waals surface area contributed by atoms with Gasteiger partial charge < -0.3 is 15.7 Å². The number of nitrogens with zero attached hydrogens (tertiary/aromatic N) is 2. The fourth-order valence-corrected chi connectivity index (χ4v) is 1.78. The van der Waals surface area contributed by atoms with Gasteiger partial charge in [0.25, 0.3) is 11.3 Å². The minimum atomic E-state index is -1.88. The van der Waals surface area contributed by atoms with E-state index >= 15 is 0 Å². The molecular weight excluding hydrogens is 254 g/mol. The van der Waals surface area contributed by atoms with Crippen molar-refractivity contribution in [2.45, 2.75) is 0 Å². The molecule has 18 heavy (non-hydrogen) atoms. The van der Waals surface area contributed by atoms with Crippen LogP contribution in [0.25, 0.3) is 10.8 Å². The minimum absolute atomic E-state index is 0.0938. The predicted octanol–water partition coefficient (Wildman–Crippen LogP) is 0.0559. The molecule has 1 unspecified atom stereocenters. The molecule has 1 heterocycles. The van der Waals surface area contributed by atoms with Crippen LogP contribution in [0, 0.1) is 0 Å². The molecule has 7 nitrogen and oxygen atoms in total. The summed E-state index contributed by atoms with van der Waals surface area (Å²) in [5, 5.41) is 6.60. The van der Waals surface area contributed by atoms with Gasteiger partial charge in [0.05, 0.1) is 0 Å². The van der Waals surface area contributed by atoms with E-state index in [9.17, 15) is 4.21 Å². The number of guanidine groups is 1. The van der Waals surface area contributed by atoms with E-state index in [1.165, 1.54) is 0 Å². The Kier molecular flexibility index (Phi) is 3.40. The highest BCUT2D eigenvalue weighted by atomic mass is 32.2. The summed E-state index contributed by atoms with van der Waals surface area (Å²) in [5.74, 6) is 0.618. The molecule has 1 atom stereocenters. The molecule has 0 aliphatic heterocycles. The van der Waals surface area contributed by atoms with Crippen molar-refractivity contribution < 1.29 is 8.39 Å². The van der Waals surface area contributed by atoms with Gasteiger partial charge in [0.1, 0.15) is 5.75 Å². The summed E-state index contributed by atoms with van der Waals surface area (Å²) in [5.41, 5.74) is 10.6. The highest BCUT2D eigenvalue weighted by Gasteiger charge is 2.05. The number of hydrogen-bond acceptors (Lipinski definition) is 4. The fourth-order valence-electron chi connectivity index (χ4n) is 1.49. The van der Waals surface area contributed by atoms with Crippen molar-refractivity contribution >= 4 is 33.8 Å². The van der Waals surface area contributed by atoms with Gasteiger partial charge in [0.2, 0.25) is 0 Å². The highest BCUT2D eigenvalue weighted by molar-refractivity contribution is 7.78. The number of benzene rings is 1. The first kappa shape index (κ1) is 12.3. The molecule has 8 heteroatoms. The lowest BCUT2D eigenvalue weighted by Crippen LogP contribution is -2.22. The lowest BCUT2D eigenvalue weighted by atomic mass is 10.1. The predicted molar refractivity (Wildman–Crippen MR) is 70.2 cm³/mol. The Morgan fingerprint density at radius 3 is 2.78 bits per heavy atom. The summed E-state index contributed by atoms with van der Waals surface area (Å²) in [4.78, 5) is 7.96. The van der Waals surface area contributed by atoms with Gasteiger partial charge in [-0.05, 0) is 23.6 Å². The molecule has 0 fully saturated rings. The first-order valence-electron chi connectivity index (χ1n) is 4.89. The van der Waals surface area contributed by atoms with Crippen LogP contribution in [0.3, 0.4) is 0 Å². The second-order valence-electron chi connectivity index (χ2n) is 3.40. The molecule has 0 spiro atoms. The monoisotopic (exact) mass is 265 g/mol. The van der Waals surface area contributed by atoms with Gasteiger partial charge in [-0.3, -0.25) is 0 Å². The maximum absolute atomic E-state index is 10.8. The minimum Gasteiger partial charge on any atom is -0.389 e. The molecule has 0 aliphatic rings. The van der Waals surface area contributed by atoms with Crippen molar-refractivity contribution in [2.75, 3.05) is 0 Å². The molecule has 0 saturated carbocycles. The van der Waals surface area contributed by atoms with Crippen molar-refractivity contribution in [1.82, 2.24) is 4.98 Å². The SMILES string of the molecule is NC(N)=Nc1nccc2ccc(OS(N)=O)cc12. The maximum Gasteiger partial charge on any atom is 0.285 e. The largest absolute Gasteiger partial charge is 0.389 e. The zero-order valence-electron chi connectivity index (χ0n) is 9.24. The van der Waals surface area contributed by atoms with E-state index in [4.69, 9.17) is 20.8 Å². The second-order valence-corrected chi connectivity index (χ2v) is 4.09. The summed E-state index contributed by atoms with van der Waals surface area (Å²) in [6.45, 7) is 0. The number of aliphatic imine (C=N–C) groups is 1. The van der Waals surface area contributed by atoms with Crippen molar-refractivity contribution in [2.24, 2.45) is 21.6 Å². The smallest absolute Gasteiger partial charge is 0.285 e. The third-order valence-electron chi connectivity index (χ3n) is 2.13. The van der Waals surface area contributed by atoms with Crippen LogP contribution in [-0.2, 0) is 11.3 Å².